The second kappa shape index (κ2) is 6.93. The lowest BCUT2D eigenvalue weighted by Crippen LogP contribution is -2.08. The highest BCUT2D eigenvalue weighted by atomic mass is 79.9. The highest BCUT2D eigenvalue weighted by Crippen LogP contribution is 2.25. The van der Waals surface area contributed by atoms with Crippen molar-refractivity contribution in [3.8, 4) is 0 Å². The number of anilines is 1. The fourth-order valence-corrected chi connectivity index (χ4v) is 2.64. The van der Waals surface area contributed by atoms with Crippen LogP contribution < -0.4 is 5.32 Å². The fraction of sp³-hybridized carbons (Fsp3) is 0.333. The molecule has 0 amide bonds. The number of rotatable bonds is 5. The zero-order chi connectivity index (χ0) is 15.4. The third-order valence-electron chi connectivity index (χ3n) is 2.93. The molecule has 0 spiro atoms. The molecular weight excluding hydrogens is 340 g/mol. The van der Waals surface area contributed by atoms with Crippen molar-refractivity contribution < 1.29 is 8.78 Å². The Morgan fingerprint density at radius 3 is 2.33 bits per heavy atom. The molecule has 1 aromatic heterocycles. The molecule has 21 heavy (non-hydrogen) atoms. The van der Waals surface area contributed by atoms with Crippen molar-refractivity contribution in [2.75, 3.05) is 11.9 Å². The molecule has 0 aliphatic rings. The molecule has 0 saturated heterocycles. The van der Waals surface area contributed by atoms with Gasteiger partial charge < -0.3 is 5.32 Å². The van der Waals surface area contributed by atoms with Crippen LogP contribution >= 0.6 is 15.9 Å². The van der Waals surface area contributed by atoms with Gasteiger partial charge in [-0.25, -0.2) is 18.7 Å². The molecule has 0 atom stereocenters. The molecule has 1 heterocycles. The molecule has 3 nitrogen and oxygen atoms in total. The van der Waals surface area contributed by atoms with Crippen LogP contribution in [0.25, 0.3) is 0 Å². The normalized spacial score (nSPS) is 10.7. The van der Waals surface area contributed by atoms with Crippen molar-refractivity contribution >= 4 is 21.7 Å². The van der Waals surface area contributed by atoms with E-state index in [2.05, 4.69) is 31.2 Å². The highest BCUT2D eigenvalue weighted by molar-refractivity contribution is 9.10. The first-order valence-electron chi connectivity index (χ1n) is 6.77. The predicted molar refractivity (Wildman–Crippen MR) is 82.4 cm³/mol. The second-order valence-electron chi connectivity index (χ2n) is 4.59. The molecule has 1 aromatic carbocycles. The minimum absolute atomic E-state index is 0.285. The summed E-state index contributed by atoms with van der Waals surface area (Å²) in [4.78, 5) is 8.86. The number of nitrogens with one attached hydrogen (secondary N) is 1. The van der Waals surface area contributed by atoms with Crippen LogP contribution in [0.5, 0.6) is 0 Å². The van der Waals surface area contributed by atoms with Crippen LogP contribution in [0.15, 0.2) is 22.7 Å². The lowest BCUT2D eigenvalue weighted by Gasteiger charge is -2.11. The summed E-state index contributed by atoms with van der Waals surface area (Å²) < 4.78 is 27.3. The Balaban J connectivity index is 2.36. The summed E-state index contributed by atoms with van der Waals surface area (Å²) in [6.45, 7) is 4.70. The first kappa shape index (κ1) is 15.8. The summed E-state index contributed by atoms with van der Waals surface area (Å²) in [5, 5.41) is 3.15. The van der Waals surface area contributed by atoms with E-state index in [4.69, 9.17) is 0 Å². The molecule has 0 saturated carbocycles. The van der Waals surface area contributed by atoms with Gasteiger partial charge in [0.05, 0.1) is 10.2 Å². The minimum Gasteiger partial charge on any atom is -0.369 e. The van der Waals surface area contributed by atoms with Gasteiger partial charge in [0.15, 0.2) is 0 Å². The van der Waals surface area contributed by atoms with Crippen LogP contribution in [-0.4, -0.2) is 16.5 Å². The standard InChI is InChI=1S/C15H16BrF2N3/c1-3-12-14(16)15(19-4-2)21-13(20-12)7-9-5-10(17)8-11(18)6-9/h5-6,8H,3-4,7H2,1-2H3,(H,19,20,21). The Morgan fingerprint density at radius 2 is 1.76 bits per heavy atom. The third kappa shape index (κ3) is 3.97. The smallest absolute Gasteiger partial charge is 0.144 e. The summed E-state index contributed by atoms with van der Waals surface area (Å²) in [7, 11) is 0. The Hall–Kier alpha value is -1.56. The van der Waals surface area contributed by atoms with Gasteiger partial charge in [0, 0.05) is 19.0 Å². The van der Waals surface area contributed by atoms with Crippen LogP contribution in [0.1, 0.15) is 30.9 Å². The van der Waals surface area contributed by atoms with E-state index in [-0.39, 0.29) is 6.42 Å². The number of aryl methyl sites for hydroxylation is 1. The molecule has 0 aliphatic carbocycles. The zero-order valence-corrected chi connectivity index (χ0v) is 13.5. The van der Waals surface area contributed by atoms with Gasteiger partial charge in [-0.2, -0.15) is 0 Å². The Labute approximate surface area is 131 Å². The van der Waals surface area contributed by atoms with Gasteiger partial charge in [0.25, 0.3) is 0 Å². The summed E-state index contributed by atoms with van der Waals surface area (Å²) >= 11 is 3.48. The second-order valence-corrected chi connectivity index (χ2v) is 5.38. The lowest BCUT2D eigenvalue weighted by molar-refractivity contribution is 0.580. The van der Waals surface area contributed by atoms with Crippen molar-refractivity contribution in [1.82, 2.24) is 9.97 Å². The van der Waals surface area contributed by atoms with E-state index >= 15 is 0 Å². The van der Waals surface area contributed by atoms with Crippen LogP contribution in [-0.2, 0) is 12.8 Å². The molecule has 0 unspecified atom stereocenters. The van der Waals surface area contributed by atoms with Crippen molar-refractivity contribution in [1.29, 1.82) is 0 Å². The van der Waals surface area contributed by atoms with Crippen molar-refractivity contribution in [3.63, 3.8) is 0 Å². The molecule has 6 heteroatoms. The summed E-state index contributed by atoms with van der Waals surface area (Å²) in [6, 6.07) is 3.45. The van der Waals surface area contributed by atoms with Gasteiger partial charge in [-0.05, 0) is 47.0 Å². The molecule has 0 radical (unpaired) electrons. The van der Waals surface area contributed by atoms with Gasteiger partial charge in [-0.15, -0.1) is 0 Å². The SMILES string of the molecule is CCNc1nc(Cc2cc(F)cc(F)c2)nc(CC)c1Br. The van der Waals surface area contributed by atoms with Crippen molar-refractivity contribution in [2.45, 2.75) is 26.7 Å². The molecule has 0 aliphatic heterocycles. The average molecular weight is 356 g/mol. The van der Waals surface area contributed by atoms with E-state index in [1.807, 2.05) is 13.8 Å². The van der Waals surface area contributed by atoms with Gasteiger partial charge in [0.1, 0.15) is 23.3 Å². The maximum atomic E-state index is 13.2. The van der Waals surface area contributed by atoms with E-state index in [1.165, 1.54) is 12.1 Å². The minimum atomic E-state index is -0.593. The summed E-state index contributed by atoms with van der Waals surface area (Å²) in [5.74, 6) is 0.0571. The summed E-state index contributed by atoms with van der Waals surface area (Å²) in [6.07, 6.45) is 1.03. The van der Waals surface area contributed by atoms with E-state index in [0.717, 1.165) is 29.2 Å². The molecule has 0 fully saturated rings. The fourth-order valence-electron chi connectivity index (χ4n) is 2.04. The number of hydrogen-bond acceptors (Lipinski definition) is 3. The molecule has 1 N–H and O–H groups in total. The molecule has 0 bridgehead atoms. The van der Waals surface area contributed by atoms with E-state index in [1.54, 1.807) is 0 Å². The first-order valence-corrected chi connectivity index (χ1v) is 7.56. The van der Waals surface area contributed by atoms with Crippen LogP contribution in [0.3, 0.4) is 0 Å². The van der Waals surface area contributed by atoms with Crippen LogP contribution in [0.4, 0.5) is 14.6 Å². The Bertz CT molecular complexity index is 627. The maximum Gasteiger partial charge on any atom is 0.144 e. The third-order valence-corrected chi connectivity index (χ3v) is 3.76. The van der Waals surface area contributed by atoms with Gasteiger partial charge in [-0.3, -0.25) is 0 Å². The van der Waals surface area contributed by atoms with E-state index in [9.17, 15) is 8.78 Å². The Morgan fingerprint density at radius 1 is 1.10 bits per heavy atom. The largest absolute Gasteiger partial charge is 0.369 e. The topological polar surface area (TPSA) is 37.8 Å². The van der Waals surface area contributed by atoms with Gasteiger partial charge in [0.2, 0.25) is 0 Å². The van der Waals surface area contributed by atoms with Gasteiger partial charge in [-0.1, -0.05) is 6.92 Å². The van der Waals surface area contributed by atoms with Crippen LogP contribution in [0.2, 0.25) is 0 Å². The summed E-state index contributed by atoms with van der Waals surface area (Å²) in [5.41, 5.74) is 1.38. The average Bonchev–Trinajstić information content (AvgIpc) is 2.41. The number of benzene rings is 1. The maximum absolute atomic E-state index is 13.2. The zero-order valence-electron chi connectivity index (χ0n) is 11.9. The van der Waals surface area contributed by atoms with Crippen molar-refractivity contribution in [3.05, 3.63) is 51.4 Å². The first-order chi connectivity index (χ1) is 10.0. The molecule has 2 aromatic rings. The van der Waals surface area contributed by atoms with E-state index in [0.29, 0.717) is 17.2 Å². The number of nitrogens with zero attached hydrogens (tertiary/aromatic N) is 2. The van der Waals surface area contributed by atoms with Gasteiger partial charge >= 0.3 is 0 Å². The molecule has 112 valence electrons. The highest BCUT2D eigenvalue weighted by Gasteiger charge is 2.12. The lowest BCUT2D eigenvalue weighted by atomic mass is 10.1. The van der Waals surface area contributed by atoms with E-state index < -0.39 is 11.6 Å². The van der Waals surface area contributed by atoms with Crippen molar-refractivity contribution in [2.24, 2.45) is 0 Å². The Kier molecular flexibility index (Phi) is 5.22. The monoisotopic (exact) mass is 355 g/mol. The van der Waals surface area contributed by atoms with Crippen LogP contribution in [0, 0.1) is 11.6 Å². The molecule has 2 rings (SSSR count). The predicted octanol–water partition coefficient (Wildman–Crippen LogP) is 4.10. The molecular formula is C15H16BrF2N3. The quantitative estimate of drug-likeness (QED) is 0.877. The number of halogens is 3. The number of aromatic nitrogens is 2. The number of hydrogen-bond donors (Lipinski definition) is 1.